The third kappa shape index (κ3) is 4.88. The second-order valence-electron chi connectivity index (χ2n) is 5.77. The normalized spacial score (nSPS) is 13.3. The molecule has 0 saturated carbocycles. The number of ether oxygens (including phenoxy) is 1. The summed E-state index contributed by atoms with van der Waals surface area (Å²) in [6, 6.07) is 12.7. The molecule has 128 valence electrons. The van der Waals surface area contributed by atoms with Crippen molar-refractivity contribution in [3.05, 3.63) is 71.0 Å². The highest BCUT2D eigenvalue weighted by molar-refractivity contribution is 5.95. The minimum atomic E-state index is -0.768. The molecule has 2 N–H and O–H groups in total. The first-order valence-electron chi connectivity index (χ1n) is 7.82. The van der Waals surface area contributed by atoms with Crippen LogP contribution < -0.4 is 5.32 Å². The van der Waals surface area contributed by atoms with Crippen molar-refractivity contribution >= 4 is 5.91 Å². The average Bonchev–Trinajstić information content (AvgIpc) is 2.56. The fourth-order valence-corrected chi connectivity index (χ4v) is 2.54. The maximum Gasteiger partial charge on any atom is 0.251 e. The van der Waals surface area contributed by atoms with E-state index >= 15 is 0 Å². The van der Waals surface area contributed by atoms with Crippen LogP contribution in [0, 0.1) is 5.82 Å². The first-order valence-corrected chi connectivity index (χ1v) is 7.82. The molecule has 0 heterocycles. The number of aliphatic hydroxyl groups excluding tert-OH is 1. The smallest absolute Gasteiger partial charge is 0.251 e. The predicted molar refractivity (Wildman–Crippen MR) is 90.1 cm³/mol. The number of nitrogens with one attached hydrogen (secondary N) is 1. The van der Waals surface area contributed by atoms with Gasteiger partial charge in [0.25, 0.3) is 5.91 Å². The first-order chi connectivity index (χ1) is 11.5. The third-order valence-corrected chi connectivity index (χ3v) is 3.77. The Balaban J connectivity index is 1.97. The summed E-state index contributed by atoms with van der Waals surface area (Å²) < 4.78 is 18.0. The zero-order valence-electron chi connectivity index (χ0n) is 13.8. The number of halogens is 1. The highest BCUT2D eigenvalue weighted by Crippen LogP contribution is 2.19. The van der Waals surface area contributed by atoms with Crippen LogP contribution >= 0.6 is 0 Å². The Hall–Kier alpha value is -2.24. The standard InChI is InChI=1S/C19H22FNO3/c1-13(11-18(22)14-7-9-16(20)10-8-14)21-19(23)17-6-4-3-5-15(17)12-24-2/h3-10,13,18,22H,11-12H2,1-2H3,(H,21,23). The molecule has 0 aromatic heterocycles. The van der Waals surface area contributed by atoms with E-state index in [9.17, 15) is 14.3 Å². The van der Waals surface area contributed by atoms with Crippen molar-refractivity contribution in [2.75, 3.05) is 7.11 Å². The topological polar surface area (TPSA) is 58.6 Å². The quantitative estimate of drug-likeness (QED) is 0.819. The molecule has 2 unspecified atom stereocenters. The summed E-state index contributed by atoms with van der Waals surface area (Å²) >= 11 is 0. The lowest BCUT2D eigenvalue weighted by atomic mass is 10.0. The Kier molecular flexibility index (Phi) is 6.46. The molecule has 0 spiro atoms. The molecule has 0 aliphatic rings. The Morgan fingerprint density at radius 1 is 1.21 bits per heavy atom. The van der Waals surface area contributed by atoms with Gasteiger partial charge in [0.05, 0.1) is 12.7 Å². The summed E-state index contributed by atoms with van der Waals surface area (Å²) in [6.45, 7) is 2.18. The number of hydrogen-bond acceptors (Lipinski definition) is 3. The summed E-state index contributed by atoms with van der Waals surface area (Å²) in [6.07, 6.45) is -0.431. The zero-order chi connectivity index (χ0) is 17.5. The van der Waals surface area contributed by atoms with E-state index in [1.165, 1.54) is 12.1 Å². The Labute approximate surface area is 141 Å². The molecule has 0 saturated heterocycles. The molecular formula is C19H22FNO3. The van der Waals surface area contributed by atoms with Crippen LogP contribution in [0.3, 0.4) is 0 Å². The van der Waals surface area contributed by atoms with Crippen molar-refractivity contribution in [3.8, 4) is 0 Å². The number of aliphatic hydroxyl groups is 1. The SMILES string of the molecule is COCc1ccccc1C(=O)NC(C)CC(O)c1ccc(F)cc1. The molecule has 0 aliphatic heterocycles. The van der Waals surface area contributed by atoms with Gasteiger partial charge in [-0.3, -0.25) is 4.79 Å². The second kappa shape index (κ2) is 8.57. The lowest BCUT2D eigenvalue weighted by molar-refractivity contribution is 0.0912. The maximum atomic E-state index is 12.9. The molecule has 24 heavy (non-hydrogen) atoms. The van der Waals surface area contributed by atoms with Gasteiger partial charge in [-0.2, -0.15) is 0 Å². The molecule has 1 amide bonds. The van der Waals surface area contributed by atoms with Gasteiger partial charge in [0.15, 0.2) is 0 Å². The van der Waals surface area contributed by atoms with E-state index in [0.717, 1.165) is 5.56 Å². The van der Waals surface area contributed by atoms with Crippen molar-refractivity contribution in [2.45, 2.75) is 32.1 Å². The lowest BCUT2D eigenvalue weighted by Gasteiger charge is -2.19. The molecule has 4 nitrogen and oxygen atoms in total. The van der Waals surface area contributed by atoms with E-state index in [-0.39, 0.29) is 17.8 Å². The molecule has 0 radical (unpaired) electrons. The van der Waals surface area contributed by atoms with Crippen LogP contribution in [0.25, 0.3) is 0 Å². The van der Waals surface area contributed by atoms with Gasteiger partial charge in [0.1, 0.15) is 5.82 Å². The number of carbonyl (C=O) groups excluding carboxylic acids is 1. The summed E-state index contributed by atoms with van der Waals surface area (Å²) in [7, 11) is 1.58. The highest BCUT2D eigenvalue weighted by Gasteiger charge is 2.17. The predicted octanol–water partition coefficient (Wildman–Crippen LogP) is 3.21. The number of hydrogen-bond donors (Lipinski definition) is 2. The van der Waals surface area contributed by atoms with Crippen molar-refractivity contribution in [1.82, 2.24) is 5.32 Å². The Morgan fingerprint density at radius 2 is 1.88 bits per heavy atom. The van der Waals surface area contributed by atoms with Gasteiger partial charge in [-0.15, -0.1) is 0 Å². The van der Waals surface area contributed by atoms with Gasteiger partial charge >= 0.3 is 0 Å². The van der Waals surface area contributed by atoms with Gasteiger partial charge in [-0.25, -0.2) is 4.39 Å². The van der Waals surface area contributed by atoms with Crippen molar-refractivity contribution < 1.29 is 19.0 Å². The van der Waals surface area contributed by atoms with Gasteiger partial charge in [-0.1, -0.05) is 30.3 Å². The fourth-order valence-electron chi connectivity index (χ4n) is 2.54. The van der Waals surface area contributed by atoms with E-state index in [2.05, 4.69) is 5.32 Å². The van der Waals surface area contributed by atoms with Gasteiger partial charge < -0.3 is 15.2 Å². The van der Waals surface area contributed by atoms with Crippen molar-refractivity contribution in [1.29, 1.82) is 0 Å². The molecule has 0 aliphatic carbocycles. The monoisotopic (exact) mass is 331 g/mol. The summed E-state index contributed by atoms with van der Waals surface area (Å²) in [5, 5.41) is 13.1. The molecule has 0 bridgehead atoms. The van der Waals surface area contributed by atoms with Crippen LogP contribution in [-0.2, 0) is 11.3 Å². The minimum absolute atomic E-state index is 0.207. The van der Waals surface area contributed by atoms with Crippen LogP contribution in [-0.4, -0.2) is 24.2 Å². The fraction of sp³-hybridized carbons (Fsp3) is 0.316. The number of benzene rings is 2. The van der Waals surface area contributed by atoms with Crippen LogP contribution in [0.15, 0.2) is 48.5 Å². The number of methoxy groups -OCH3 is 1. The van der Waals surface area contributed by atoms with E-state index in [1.807, 2.05) is 19.1 Å². The van der Waals surface area contributed by atoms with Crippen LogP contribution in [0.2, 0.25) is 0 Å². The summed E-state index contributed by atoms with van der Waals surface area (Å²) in [5.74, 6) is -0.552. The third-order valence-electron chi connectivity index (χ3n) is 3.77. The van der Waals surface area contributed by atoms with Crippen molar-refractivity contribution in [2.24, 2.45) is 0 Å². The van der Waals surface area contributed by atoms with Gasteiger partial charge in [-0.05, 0) is 42.7 Å². The van der Waals surface area contributed by atoms with Crippen LogP contribution in [0.1, 0.15) is 40.9 Å². The molecule has 2 aromatic rings. The highest BCUT2D eigenvalue weighted by atomic mass is 19.1. The second-order valence-corrected chi connectivity index (χ2v) is 5.77. The van der Waals surface area contributed by atoms with E-state index < -0.39 is 6.10 Å². The van der Waals surface area contributed by atoms with Gasteiger partial charge in [0.2, 0.25) is 0 Å². The number of amides is 1. The summed E-state index contributed by atoms with van der Waals surface area (Å²) in [4.78, 5) is 12.4. The molecule has 5 heteroatoms. The first kappa shape index (κ1) is 18.1. The number of rotatable bonds is 7. The molecule has 2 aromatic carbocycles. The van der Waals surface area contributed by atoms with Gasteiger partial charge in [0, 0.05) is 18.7 Å². The summed E-state index contributed by atoms with van der Waals surface area (Å²) in [5.41, 5.74) is 1.99. The Morgan fingerprint density at radius 3 is 2.54 bits per heavy atom. The van der Waals surface area contributed by atoms with Crippen LogP contribution in [0.5, 0.6) is 0 Å². The number of carbonyl (C=O) groups is 1. The lowest BCUT2D eigenvalue weighted by Crippen LogP contribution is -2.34. The maximum absolute atomic E-state index is 12.9. The van der Waals surface area contributed by atoms with E-state index in [0.29, 0.717) is 24.2 Å². The average molecular weight is 331 g/mol. The molecule has 2 rings (SSSR count). The largest absolute Gasteiger partial charge is 0.388 e. The minimum Gasteiger partial charge on any atom is -0.388 e. The zero-order valence-corrected chi connectivity index (χ0v) is 13.8. The Bertz CT molecular complexity index is 673. The van der Waals surface area contributed by atoms with E-state index in [1.54, 1.807) is 31.4 Å². The van der Waals surface area contributed by atoms with Crippen LogP contribution in [0.4, 0.5) is 4.39 Å². The molecule has 0 fully saturated rings. The molecular weight excluding hydrogens is 309 g/mol. The molecule has 2 atom stereocenters. The van der Waals surface area contributed by atoms with E-state index in [4.69, 9.17) is 4.74 Å². The van der Waals surface area contributed by atoms with Crippen molar-refractivity contribution in [3.63, 3.8) is 0 Å².